The van der Waals surface area contributed by atoms with Gasteiger partial charge in [-0.15, -0.1) is 11.6 Å². The quantitative estimate of drug-likeness (QED) is 0.560. The van der Waals surface area contributed by atoms with E-state index in [0.29, 0.717) is 27.1 Å². The number of benzene rings is 2. The molecule has 1 aromatic heterocycles. The zero-order valence-corrected chi connectivity index (χ0v) is 13.3. The topological polar surface area (TPSA) is 17.8 Å². The number of alkyl halides is 1. The summed E-state index contributed by atoms with van der Waals surface area (Å²) in [6.07, 6.45) is 0. The van der Waals surface area contributed by atoms with E-state index in [1.165, 1.54) is 12.1 Å². The second-order valence-electron chi connectivity index (χ2n) is 4.74. The highest BCUT2D eigenvalue weighted by Crippen LogP contribution is 2.31. The van der Waals surface area contributed by atoms with Gasteiger partial charge in [0, 0.05) is 0 Å². The summed E-state index contributed by atoms with van der Waals surface area (Å²) in [6, 6.07) is 8.16. The summed E-state index contributed by atoms with van der Waals surface area (Å²) in [5.41, 5.74) is 2.88. The summed E-state index contributed by atoms with van der Waals surface area (Å²) in [4.78, 5) is 4.43. The first-order chi connectivity index (χ1) is 9.99. The van der Waals surface area contributed by atoms with Crippen molar-refractivity contribution in [3.05, 3.63) is 57.6 Å². The third kappa shape index (κ3) is 2.61. The molecule has 2 nitrogen and oxygen atoms in total. The minimum atomic E-state index is -0.313. The average Bonchev–Trinajstić information content (AvgIpc) is 2.75. The van der Waals surface area contributed by atoms with E-state index in [4.69, 9.17) is 34.8 Å². The maximum atomic E-state index is 13.7. The Morgan fingerprint density at radius 2 is 1.81 bits per heavy atom. The molecule has 3 rings (SSSR count). The van der Waals surface area contributed by atoms with Gasteiger partial charge in [-0.05, 0) is 42.8 Å². The van der Waals surface area contributed by atoms with E-state index in [-0.39, 0.29) is 11.7 Å². The van der Waals surface area contributed by atoms with Crippen LogP contribution in [0.15, 0.2) is 30.3 Å². The number of halogens is 4. The zero-order chi connectivity index (χ0) is 15.1. The molecule has 2 aromatic carbocycles. The van der Waals surface area contributed by atoms with Crippen molar-refractivity contribution in [1.82, 2.24) is 9.55 Å². The van der Waals surface area contributed by atoms with Crippen LogP contribution in [0.3, 0.4) is 0 Å². The molecule has 6 heteroatoms. The molecule has 0 aliphatic rings. The maximum absolute atomic E-state index is 13.7. The van der Waals surface area contributed by atoms with Crippen molar-refractivity contribution in [3.8, 4) is 5.69 Å². The predicted molar refractivity (Wildman–Crippen MR) is 85.3 cm³/mol. The van der Waals surface area contributed by atoms with E-state index in [1.54, 1.807) is 16.7 Å². The molecule has 21 heavy (non-hydrogen) atoms. The number of imidazole rings is 1. The molecule has 0 unspecified atom stereocenters. The SMILES string of the molecule is Cc1cc(F)cc(-n2c(CCl)nc3cc(Cl)c(Cl)cc32)c1. The molecular weight excluding hydrogens is 334 g/mol. The molecule has 0 radical (unpaired) electrons. The fraction of sp³-hybridized carbons (Fsp3) is 0.133. The van der Waals surface area contributed by atoms with Crippen molar-refractivity contribution in [2.45, 2.75) is 12.8 Å². The minimum Gasteiger partial charge on any atom is -0.295 e. The number of hydrogen-bond acceptors (Lipinski definition) is 1. The summed E-state index contributed by atoms with van der Waals surface area (Å²) in [5.74, 6) is 0.488. The Kier molecular flexibility index (Phi) is 3.82. The van der Waals surface area contributed by atoms with Crippen molar-refractivity contribution < 1.29 is 4.39 Å². The van der Waals surface area contributed by atoms with Crippen LogP contribution in [0.4, 0.5) is 4.39 Å². The smallest absolute Gasteiger partial charge is 0.129 e. The number of aromatic nitrogens is 2. The Bertz CT molecular complexity index is 822. The first-order valence-corrected chi connectivity index (χ1v) is 7.48. The number of fused-ring (bicyclic) bond motifs is 1. The lowest BCUT2D eigenvalue weighted by Gasteiger charge is -2.09. The Morgan fingerprint density at radius 1 is 1.10 bits per heavy atom. The molecule has 0 fully saturated rings. The molecular formula is C15H10Cl3FN2. The molecule has 0 bridgehead atoms. The van der Waals surface area contributed by atoms with Crippen LogP contribution in [0.1, 0.15) is 11.4 Å². The van der Waals surface area contributed by atoms with E-state index in [0.717, 1.165) is 11.1 Å². The Hall–Kier alpha value is -1.29. The van der Waals surface area contributed by atoms with Gasteiger partial charge < -0.3 is 0 Å². The lowest BCUT2D eigenvalue weighted by Crippen LogP contribution is -2.00. The van der Waals surface area contributed by atoms with Crippen molar-refractivity contribution in [2.24, 2.45) is 0 Å². The second kappa shape index (κ2) is 5.48. The predicted octanol–water partition coefficient (Wildman–Crippen LogP) is 5.52. The fourth-order valence-corrected chi connectivity index (χ4v) is 2.84. The van der Waals surface area contributed by atoms with Crippen molar-refractivity contribution in [1.29, 1.82) is 0 Å². The van der Waals surface area contributed by atoms with E-state index < -0.39 is 0 Å². The number of nitrogens with zero attached hydrogens (tertiary/aromatic N) is 2. The molecule has 0 N–H and O–H groups in total. The molecule has 0 saturated carbocycles. The zero-order valence-electron chi connectivity index (χ0n) is 11.0. The first kappa shape index (κ1) is 14.6. The first-order valence-electron chi connectivity index (χ1n) is 6.19. The monoisotopic (exact) mass is 342 g/mol. The number of rotatable bonds is 2. The normalized spacial score (nSPS) is 11.3. The average molecular weight is 344 g/mol. The second-order valence-corrected chi connectivity index (χ2v) is 5.82. The molecule has 0 saturated heterocycles. The third-order valence-electron chi connectivity index (χ3n) is 3.17. The van der Waals surface area contributed by atoms with Crippen LogP contribution >= 0.6 is 34.8 Å². The summed E-state index contributed by atoms with van der Waals surface area (Å²) >= 11 is 18.1. The van der Waals surface area contributed by atoms with Gasteiger partial charge >= 0.3 is 0 Å². The number of hydrogen-bond donors (Lipinski definition) is 0. The van der Waals surface area contributed by atoms with Gasteiger partial charge in [-0.25, -0.2) is 9.37 Å². The summed E-state index contributed by atoms with van der Waals surface area (Å²) in [6.45, 7) is 1.83. The lowest BCUT2D eigenvalue weighted by atomic mass is 10.2. The van der Waals surface area contributed by atoms with Crippen molar-refractivity contribution >= 4 is 45.8 Å². The highest BCUT2D eigenvalue weighted by molar-refractivity contribution is 6.42. The largest absolute Gasteiger partial charge is 0.295 e. The summed E-state index contributed by atoms with van der Waals surface area (Å²) in [5, 5.41) is 0.838. The molecule has 1 heterocycles. The van der Waals surface area contributed by atoms with Gasteiger partial charge in [0.05, 0.1) is 32.6 Å². The standard InChI is InChI=1S/C15H10Cl3FN2/c1-8-2-9(19)4-10(3-8)21-14-6-12(18)11(17)5-13(14)20-15(21)7-16/h2-6H,7H2,1H3. The van der Waals surface area contributed by atoms with Crippen LogP contribution in [0, 0.1) is 12.7 Å². The summed E-state index contributed by atoms with van der Waals surface area (Å²) in [7, 11) is 0. The molecule has 0 aliphatic carbocycles. The fourth-order valence-electron chi connectivity index (χ4n) is 2.35. The van der Waals surface area contributed by atoms with Gasteiger partial charge in [-0.1, -0.05) is 23.2 Å². The lowest BCUT2D eigenvalue weighted by molar-refractivity contribution is 0.625. The van der Waals surface area contributed by atoms with Crippen molar-refractivity contribution in [3.63, 3.8) is 0 Å². The van der Waals surface area contributed by atoms with Crippen LogP contribution in [-0.2, 0) is 5.88 Å². The Morgan fingerprint density at radius 3 is 2.48 bits per heavy atom. The highest BCUT2D eigenvalue weighted by atomic mass is 35.5. The van der Waals surface area contributed by atoms with Gasteiger partial charge in [0.25, 0.3) is 0 Å². The van der Waals surface area contributed by atoms with Crippen LogP contribution in [-0.4, -0.2) is 9.55 Å². The molecule has 0 spiro atoms. The maximum Gasteiger partial charge on any atom is 0.129 e. The Labute approximate surface area is 136 Å². The van der Waals surface area contributed by atoms with Gasteiger partial charge in [-0.3, -0.25) is 4.57 Å². The van der Waals surface area contributed by atoms with Crippen LogP contribution in [0.5, 0.6) is 0 Å². The molecule has 0 atom stereocenters. The van der Waals surface area contributed by atoms with Crippen LogP contribution in [0.2, 0.25) is 10.0 Å². The van der Waals surface area contributed by atoms with Gasteiger partial charge in [0.2, 0.25) is 0 Å². The molecule has 0 aliphatic heterocycles. The molecule has 108 valence electrons. The molecule has 3 aromatic rings. The van der Waals surface area contributed by atoms with Crippen molar-refractivity contribution in [2.75, 3.05) is 0 Å². The highest BCUT2D eigenvalue weighted by Gasteiger charge is 2.14. The van der Waals surface area contributed by atoms with E-state index in [9.17, 15) is 4.39 Å². The summed E-state index contributed by atoms with van der Waals surface area (Å²) < 4.78 is 15.5. The third-order valence-corrected chi connectivity index (χ3v) is 4.13. The van der Waals surface area contributed by atoms with Crippen LogP contribution < -0.4 is 0 Å². The Balaban J connectivity index is 2.36. The van der Waals surface area contributed by atoms with E-state index >= 15 is 0 Å². The van der Waals surface area contributed by atoms with E-state index in [1.807, 2.05) is 13.0 Å². The van der Waals surface area contributed by atoms with Crippen LogP contribution in [0.25, 0.3) is 16.7 Å². The molecule has 0 amide bonds. The van der Waals surface area contributed by atoms with Gasteiger partial charge in [0.1, 0.15) is 11.6 Å². The van der Waals surface area contributed by atoms with Gasteiger partial charge in [-0.2, -0.15) is 0 Å². The number of aryl methyl sites for hydroxylation is 1. The van der Waals surface area contributed by atoms with Gasteiger partial charge in [0.15, 0.2) is 0 Å². The van der Waals surface area contributed by atoms with E-state index in [2.05, 4.69) is 4.98 Å². The minimum absolute atomic E-state index is 0.194.